The molecule has 1 saturated heterocycles. The Morgan fingerprint density at radius 2 is 2.13 bits per heavy atom. The lowest BCUT2D eigenvalue weighted by Crippen LogP contribution is -2.00. The van der Waals surface area contributed by atoms with Crippen LogP contribution in [0.3, 0.4) is 0 Å². The van der Waals surface area contributed by atoms with E-state index < -0.39 is 0 Å². The molecule has 0 spiro atoms. The van der Waals surface area contributed by atoms with Gasteiger partial charge in [-0.3, -0.25) is 0 Å². The summed E-state index contributed by atoms with van der Waals surface area (Å²) in [4.78, 5) is 11.4. The van der Waals surface area contributed by atoms with E-state index in [9.17, 15) is 4.79 Å². The molecule has 1 aromatic rings. The summed E-state index contributed by atoms with van der Waals surface area (Å²) in [7, 11) is 0. The number of fused-ring (bicyclic) bond motifs is 1. The van der Waals surface area contributed by atoms with Crippen LogP contribution in [0, 0.1) is 13.8 Å². The highest BCUT2D eigenvalue weighted by Gasteiger charge is 2.32. The van der Waals surface area contributed by atoms with Gasteiger partial charge in [-0.25, -0.2) is 4.79 Å². The lowest BCUT2D eigenvalue weighted by molar-refractivity contribution is 0.0535. The van der Waals surface area contributed by atoms with Crippen LogP contribution in [-0.2, 0) is 16.1 Å². The van der Waals surface area contributed by atoms with Crippen LogP contribution in [0.2, 0.25) is 0 Å². The van der Waals surface area contributed by atoms with Crippen molar-refractivity contribution in [1.82, 2.24) is 0 Å². The molecule has 0 N–H and O–H groups in total. The molecule has 3 heteroatoms. The number of hydrogen-bond acceptors (Lipinski definition) is 3. The van der Waals surface area contributed by atoms with Gasteiger partial charge in [-0.05, 0) is 36.6 Å². The molecule has 2 heterocycles. The monoisotopic (exact) mass is 204 g/mol. The quantitative estimate of drug-likeness (QED) is 0.519. The predicted octanol–water partition coefficient (Wildman–Crippen LogP) is 2.05. The van der Waals surface area contributed by atoms with Gasteiger partial charge in [0.25, 0.3) is 0 Å². The first-order chi connectivity index (χ1) is 7.18. The summed E-state index contributed by atoms with van der Waals surface area (Å²) in [5, 5.41) is 0. The minimum absolute atomic E-state index is 0.195. The van der Waals surface area contributed by atoms with Crippen LogP contribution >= 0.6 is 0 Å². The number of hydrogen-bond donors (Lipinski definition) is 0. The summed E-state index contributed by atoms with van der Waals surface area (Å²) in [5.74, 6) is -0.195. The van der Waals surface area contributed by atoms with E-state index in [-0.39, 0.29) is 12.1 Å². The second kappa shape index (κ2) is 2.83. The molecular weight excluding hydrogens is 192 g/mol. The number of benzene rings is 1. The second-order valence-corrected chi connectivity index (χ2v) is 4.16. The summed E-state index contributed by atoms with van der Waals surface area (Å²) in [6.07, 6.45) is 0.242. The van der Waals surface area contributed by atoms with Crippen molar-refractivity contribution in [3.05, 3.63) is 33.9 Å². The fraction of sp³-hybridized carbons (Fsp3) is 0.417. The molecule has 0 bridgehead atoms. The maximum atomic E-state index is 11.4. The highest BCUT2D eigenvalue weighted by Crippen LogP contribution is 2.38. The highest BCUT2D eigenvalue weighted by atomic mass is 16.6. The van der Waals surface area contributed by atoms with Gasteiger partial charge in [0.2, 0.25) is 0 Å². The Morgan fingerprint density at radius 3 is 2.80 bits per heavy atom. The normalized spacial score (nSPS) is 22.5. The second-order valence-electron chi connectivity index (χ2n) is 4.16. The molecule has 2 aliphatic heterocycles. The fourth-order valence-corrected chi connectivity index (χ4v) is 2.34. The number of esters is 1. The predicted molar refractivity (Wildman–Crippen MR) is 53.7 cm³/mol. The Balaban J connectivity index is 2.23. The van der Waals surface area contributed by atoms with Crippen LogP contribution in [-0.4, -0.2) is 12.6 Å². The van der Waals surface area contributed by atoms with Crippen molar-refractivity contribution < 1.29 is 14.3 Å². The largest absolute Gasteiger partial charge is 0.457 e. The smallest absolute Gasteiger partial charge is 0.338 e. The Labute approximate surface area is 88.0 Å². The lowest BCUT2D eigenvalue weighted by Gasteiger charge is -2.10. The number of cyclic esters (lactones) is 1. The molecule has 15 heavy (non-hydrogen) atoms. The van der Waals surface area contributed by atoms with E-state index in [2.05, 4.69) is 0 Å². The van der Waals surface area contributed by atoms with Gasteiger partial charge in [-0.15, -0.1) is 0 Å². The molecule has 0 aromatic heterocycles. The third-order valence-electron chi connectivity index (χ3n) is 3.19. The van der Waals surface area contributed by atoms with Crippen LogP contribution in [0.1, 0.15) is 38.7 Å². The zero-order chi connectivity index (χ0) is 10.6. The molecule has 1 unspecified atom stereocenters. The molecule has 1 aromatic carbocycles. The summed E-state index contributed by atoms with van der Waals surface area (Å²) in [6.45, 7) is 5.29. The first kappa shape index (κ1) is 8.92. The molecule has 3 nitrogen and oxygen atoms in total. The standard InChI is InChI=1S/C12H12O3/c1-6-3-8-9(4-15-12(8)13)7(2)11(6)10-5-14-10/h3,10H,4-5H2,1-2H3. The van der Waals surface area contributed by atoms with Gasteiger partial charge < -0.3 is 9.47 Å². The number of aryl methyl sites for hydroxylation is 1. The summed E-state index contributed by atoms with van der Waals surface area (Å²) < 4.78 is 10.4. The molecule has 3 rings (SSSR count). The minimum Gasteiger partial charge on any atom is -0.457 e. The topological polar surface area (TPSA) is 38.8 Å². The van der Waals surface area contributed by atoms with Crippen molar-refractivity contribution >= 4 is 5.97 Å². The average molecular weight is 204 g/mol. The highest BCUT2D eigenvalue weighted by molar-refractivity contribution is 5.94. The van der Waals surface area contributed by atoms with Crippen molar-refractivity contribution in [3.63, 3.8) is 0 Å². The van der Waals surface area contributed by atoms with Crippen LogP contribution in [0.5, 0.6) is 0 Å². The van der Waals surface area contributed by atoms with Crippen molar-refractivity contribution in [1.29, 1.82) is 0 Å². The SMILES string of the molecule is Cc1cc2c(c(C)c1C1CO1)COC2=O. The molecular formula is C12H12O3. The number of rotatable bonds is 1. The Bertz CT molecular complexity index is 458. The number of carbonyl (C=O) groups is 1. The molecule has 78 valence electrons. The van der Waals surface area contributed by atoms with Crippen molar-refractivity contribution in [2.45, 2.75) is 26.6 Å². The Morgan fingerprint density at radius 1 is 1.40 bits per heavy atom. The average Bonchev–Trinajstić information content (AvgIpc) is 2.94. The van der Waals surface area contributed by atoms with Gasteiger partial charge in [0, 0.05) is 5.56 Å². The Kier molecular flexibility index (Phi) is 1.68. The first-order valence-corrected chi connectivity index (χ1v) is 5.10. The number of carbonyl (C=O) groups excluding carboxylic acids is 1. The van der Waals surface area contributed by atoms with Crippen molar-refractivity contribution in [3.8, 4) is 0 Å². The van der Waals surface area contributed by atoms with Crippen LogP contribution in [0.15, 0.2) is 6.07 Å². The fourth-order valence-electron chi connectivity index (χ4n) is 2.34. The molecule has 1 fully saturated rings. The van der Waals surface area contributed by atoms with E-state index in [0.29, 0.717) is 6.61 Å². The van der Waals surface area contributed by atoms with Crippen molar-refractivity contribution in [2.75, 3.05) is 6.61 Å². The van der Waals surface area contributed by atoms with Crippen LogP contribution < -0.4 is 0 Å². The third kappa shape index (κ3) is 1.20. The van der Waals surface area contributed by atoms with E-state index in [1.165, 1.54) is 11.1 Å². The number of epoxide rings is 1. The molecule has 0 aliphatic carbocycles. The van der Waals surface area contributed by atoms with E-state index in [1.807, 2.05) is 19.9 Å². The van der Waals surface area contributed by atoms with Gasteiger partial charge >= 0.3 is 5.97 Å². The van der Waals surface area contributed by atoms with Crippen molar-refractivity contribution in [2.24, 2.45) is 0 Å². The van der Waals surface area contributed by atoms with Crippen LogP contribution in [0.4, 0.5) is 0 Å². The van der Waals surface area contributed by atoms with E-state index in [1.54, 1.807) is 0 Å². The molecule has 0 radical (unpaired) electrons. The van der Waals surface area contributed by atoms with E-state index >= 15 is 0 Å². The zero-order valence-corrected chi connectivity index (χ0v) is 8.79. The third-order valence-corrected chi connectivity index (χ3v) is 3.19. The summed E-state index contributed by atoms with van der Waals surface area (Å²) in [6, 6.07) is 1.93. The lowest BCUT2D eigenvalue weighted by atomic mass is 9.92. The van der Waals surface area contributed by atoms with Crippen LogP contribution in [0.25, 0.3) is 0 Å². The van der Waals surface area contributed by atoms with E-state index in [4.69, 9.17) is 9.47 Å². The molecule has 0 saturated carbocycles. The minimum atomic E-state index is -0.195. The van der Waals surface area contributed by atoms with Gasteiger partial charge in [0.15, 0.2) is 0 Å². The van der Waals surface area contributed by atoms with E-state index in [0.717, 1.165) is 23.3 Å². The number of ether oxygens (including phenoxy) is 2. The molecule has 0 amide bonds. The molecule has 1 atom stereocenters. The van der Waals surface area contributed by atoms with Gasteiger partial charge in [-0.1, -0.05) is 0 Å². The summed E-state index contributed by atoms with van der Waals surface area (Å²) in [5.41, 5.74) is 5.31. The maximum Gasteiger partial charge on any atom is 0.338 e. The zero-order valence-electron chi connectivity index (χ0n) is 8.79. The molecule has 2 aliphatic rings. The van der Waals surface area contributed by atoms with Gasteiger partial charge in [0.1, 0.15) is 12.7 Å². The Hall–Kier alpha value is -1.35. The maximum absolute atomic E-state index is 11.4. The summed E-state index contributed by atoms with van der Waals surface area (Å²) >= 11 is 0. The first-order valence-electron chi connectivity index (χ1n) is 5.10. The van der Waals surface area contributed by atoms with Gasteiger partial charge in [0.05, 0.1) is 12.2 Å². The van der Waals surface area contributed by atoms with Gasteiger partial charge in [-0.2, -0.15) is 0 Å².